The highest BCUT2D eigenvalue weighted by atomic mass is 127. The first-order valence-corrected chi connectivity index (χ1v) is 8.03. The quantitative estimate of drug-likeness (QED) is 0.164. The van der Waals surface area contributed by atoms with Crippen molar-refractivity contribution in [3.63, 3.8) is 0 Å². The zero-order valence-corrected chi connectivity index (χ0v) is 14.8. The van der Waals surface area contributed by atoms with Gasteiger partial charge >= 0.3 is 0 Å². The molecule has 0 N–H and O–H groups in total. The Morgan fingerprint density at radius 2 is 2.17 bits per heavy atom. The normalized spacial score (nSPS) is 10.8. The number of hydrogen-bond acceptors (Lipinski definition) is 4. The monoisotopic (exact) mass is 432 g/mol. The van der Waals surface area contributed by atoms with Crippen LogP contribution in [0.1, 0.15) is 11.1 Å². The van der Waals surface area contributed by atoms with Gasteiger partial charge in [-0.25, -0.2) is 0 Å². The van der Waals surface area contributed by atoms with Crippen molar-refractivity contribution in [3.8, 4) is 11.8 Å². The van der Waals surface area contributed by atoms with Crippen LogP contribution < -0.4 is 4.74 Å². The van der Waals surface area contributed by atoms with Crippen LogP contribution >= 0.6 is 22.6 Å². The van der Waals surface area contributed by atoms with Crippen LogP contribution in [0.2, 0.25) is 0 Å². The molecule has 0 atom stereocenters. The molecule has 2 rings (SSSR count). The van der Waals surface area contributed by atoms with Gasteiger partial charge in [-0.2, -0.15) is 5.26 Å². The van der Waals surface area contributed by atoms with Crippen LogP contribution in [0, 0.1) is 25.0 Å². The first-order chi connectivity index (χ1) is 11.5. The summed E-state index contributed by atoms with van der Waals surface area (Å²) in [4.78, 5) is 10.4. The Balaban J connectivity index is 2.35. The number of nitriles is 1. The molecular formula is C18H13IN2O3. The Labute approximate surface area is 153 Å². The van der Waals surface area contributed by atoms with Crippen molar-refractivity contribution in [2.24, 2.45) is 0 Å². The van der Waals surface area contributed by atoms with Crippen LogP contribution in [0.25, 0.3) is 11.6 Å². The number of ether oxygens (including phenoxy) is 1. The van der Waals surface area contributed by atoms with Gasteiger partial charge in [-0.1, -0.05) is 30.9 Å². The molecule has 0 spiro atoms. The average molecular weight is 432 g/mol. The molecule has 6 heteroatoms. The van der Waals surface area contributed by atoms with E-state index in [1.165, 1.54) is 12.1 Å². The molecule has 120 valence electrons. The summed E-state index contributed by atoms with van der Waals surface area (Å²) < 4.78 is 6.42. The predicted molar refractivity (Wildman–Crippen MR) is 101 cm³/mol. The minimum atomic E-state index is -0.479. The second-order valence-electron chi connectivity index (χ2n) is 4.77. The fraction of sp³-hybridized carbons (Fsp3) is 0.0556. The van der Waals surface area contributed by atoms with E-state index in [2.05, 4.69) is 35.2 Å². The second kappa shape index (κ2) is 8.26. The molecule has 0 aliphatic carbocycles. The number of nitrogens with zero attached hydrogens (tertiary/aromatic N) is 2. The Hall–Kier alpha value is -2.66. The lowest BCUT2D eigenvalue weighted by atomic mass is 10.0. The molecule has 0 bridgehead atoms. The van der Waals surface area contributed by atoms with Crippen LogP contribution in [-0.4, -0.2) is 11.5 Å². The van der Waals surface area contributed by atoms with E-state index in [0.717, 1.165) is 14.9 Å². The molecule has 0 heterocycles. The lowest BCUT2D eigenvalue weighted by Gasteiger charge is -2.07. The van der Waals surface area contributed by atoms with Gasteiger partial charge in [-0.15, -0.1) is 0 Å². The van der Waals surface area contributed by atoms with Crippen molar-refractivity contribution in [1.82, 2.24) is 0 Å². The Kier molecular flexibility index (Phi) is 6.09. The van der Waals surface area contributed by atoms with E-state index in [0.29, 0.717) is 17.7 Å². The number of nitro groups is 1. The van der Waals surface area contributed by atoms with Gasteiger partial charge in [0.05, 0.1) is 20.1 Å². The van der Waals surface area contributed by atoms with Crippen molar-refractivity contribution in [2.75, 3.05) is 6.61 Å². The van der Waals surface area contributed by atoms with E-state index in [4.69, 9.17) is 4.74 Å². The van der Waals surface area contributed by atoms with Crippen LogP contribution in [0.15, 0.2) is 55.1 Å². The summed E-state index contributed by atoms with van der Waals surface area (Å²) >= 11 is 2.15. The standard InChI is InChI=1S/C18H13IN2O3/c1-2-8-24-18-7-6-13(10-17(18)19)9-15(12-20)14-4-3-5-16(11-14)21(22)23/h2-7,9-11H,1,8H2. The molecule has 2 aromatic carbocycles. The number of non-ortho nitro benzene ring substituents is 1. The van der Waals surface area contributed by atoms with Gasteiger partial charge in [0, 0.05) is 12.1 Å². The van der Waals surface area contributed by atoms with Crippen LogP contribution in [0.4, 0.5) is 5.69 Å². The molecule has 5 nitrogen and oxygen atoms in total. The summed E-state index contributed by atoms with van der Waals surface area (Å²) in [6, 6.07) is 13.6. The topological polar surface area (TPSA) is 76.2 Å². The third-order valence-corrected chi connectivity index (χ3v) is 3.96. The highest BCUT2D eigenvalue weighted by Gasteiger charge is 2.09. The van der Waals surface area contributed by atoms with E-state index >= 15 is 0 Å². The smallest absolute Gasteiger partial charge is 0.270 e. The zero-order valence-electron chi connectivity index (χ0n) is 12.6. The highest BCUT2D eigenvalue weighted by Crippen LogP contribution is 2.26. The van der Waals surface area contributed by atoms with Crippen LogP contribution in [0.3, 0.4) is 0 Å². The number of allylic oxidation sites excluding steroid dienone is 1. The van der Waals surface area contributed by atoms with E-state index in [1.807, 2.05) is 18.2 Å². The average Bonchev–Trinajstić information content (AvgIpc) is 2.59. The molecule has 0 saturated carbocycles. The molecule has 0 saturated heterocycles. The first kappa shape index (κ1) is 17.7. The molecule has 0 aromatic heterocycles. The maximum absolute atomic E-state index is 10.9. The molecule has 2 aromatic rings. The van der Waals surface area contributed by atoms with Gasteiger partial charge in [0.15, 0.2) is 0 Å². The van der Waals surface area contributed by atoms with Crippen LogP contribution in [0.5, 0.6) is 5.75 Å². The van der Waals surface area contributed by atoms with E-state index in [9.17, 15) is 15.4 Å². The summed E-state index contributed by atoms with van der Waals surface area (Å²) in [5.74, 6) is 0.738. The maximum Gasteiger partial charge on any atom is 0.270 e. The molecule has 0 unspecified atom stereocenters. The Morgan fingerprint density at radius 3 is 2.79 bits per heavy atom. The number of nitro benzene ring substituents is 1. The fourth-order valence-electron chi connectivity index (χ4n) is 2.01. The van der Waals surface area contributed by atoms with Gasteiger partial charge < -0.3 is 4.74 Å². The fourth-order valence-corrected chi connectivity index (χ4v) is 2.70. The third-order valence-electron chi connectivity index (χ3n) is 3.11. The minimum Gasteiger partial charge on any atom is -0.488 e. The number of halogens is 1. The Bertz CT molecular complexity index is 854. The number of hydrogen-bond donors (Lipinski definition) is 0. The van der Waals surface area contributed by atoms with Crippen molar-refractivity contribution in [1.29, 1.82) is 5.26 Å². The Morgan fingerprint density at radius 1 is 1.38 bits per heavy atom. The first-order valence-electron chi connectivity index (χ1n) is 6.95. The van der Waals surface area contributed by atoms with Gasteiger partial charge in [-0.05, 0) is 51.9 Å². The summed E-state index contributed by atoms with van der Waals surface area (Å²) in [5.41, 5.74) is 1.63. The van der Waals surface area contributed by atoms with Gasteiger partial charge in [0.25, 0.3) is 5.69 Å². The van der Waals surface area contributed by atoms with Crippen molar-refractivity contribution in [3.05, 3.63) is 79.9 Å². The largest absolute Gasteiger partial charge is 0.488 e. The highest BCUT2D eigenvalue weighted by molar-refractivity contribution is 14.1. The number of rotatable bonds is 6. The van der Waals surface area contributed by atoms with E-state index < -0.39 is 4.92 Å². The lowest BCUT2D eigenvalue weighted by Crippen LogP contribution is -1.95. The van der Waals surface area contributed by atoms with Gasteiger partial charge in [0.2, 0.25) is 0 Å². The van der Waals surface area contributed by atoms with E-state index in [-0.39, 0.29) is 5.69 Å². The van der Waals surface area contributed by atoms with Crippen LogP contribution in [-0.2, 0) is 0 Å². The maximum atomic E-state index is 10.9. The summed E-state index contributed by atoms with van der Waals surface area (Å²) in [6.07, 6.45) is 3.36. The van der Waals surface area contributed by atoms with Gasteiger partial charge in [-0.3, -0.25) is 10.1 Å². The lowest BCUT2D eigenvalue weighted by molar-refractivity contribution is -0.384. The van der Waals surface area contributed by atoms with Gasteiger partial charge in [0.1, 0.15) is 12.4 Å². The molecule has 24 heavy (non-hydrogen) atoms. The molecule has 0 aliphatic heterocycles. The SMILES string of the molecule is C=CCOc1ccc(C=C(C#N)c2cccc([N+](=O)[O-])c2)cc1I. The van der Waals surface area contributed by atoms with E-state index in [1.54, 1.807) is 24.3 Å². The van der Waals surface area contributed by atoms with Crippen molar-refractivity contribution < 1.29 is 9.66 Å². The number of benzene rings is 2. The molecule has 0 aliphatic rings. The predicted octanol–water partition coefficient (Wildman–Crippen LogP) is 4.83. The summed E-state index contributed by atoms with van der Waals surface area (Å²) in [6.45, 7) is 4.02. The van der Waals surface area contributed by atoms with Crippen molar-refractivity contribution in [2.45, 2.75) is 0 Å². The van der Waals surface area contributed by atoms with Crippen molar-refractivity contribution >= 4 is 39.9 Å². The summed E-state index contributed by atoms with van der Waals surface area (Å²) in [7, 11) is 0. The second-order valence-corrected chi connectivity index (χ2v) is 5.93. The molecule has 0 fully saturated rings. The zero-order chi connectivity index (χ0) is 17.5. The third kappa shape index (κ3) is 4.43. The molecule has 0 amide bonds. The minimum absolute atomic E-state index is 0.0450. The molecular weight excluding hydrogens is 419 g/mol. The molecule has 0 radical (unpaired) electrons. The summed E-state index contributed by atoms with van der Waals surface area (Å²) in [5, 5.41) is 20.3.